The van der Waals surface area contributed by atoms with E-state index >= 15 is 0 Å². The van der Waals surface area contributed by atoms with Crippen molar-refractivity contribution in [2.45, 2.75) is 25.5 Å². The van der Waals surface area contributed by atoms with Crippen molar-refractivity contribution in [2.24, 2.45) is 0 Å². The standard InChI is InChI=1S/C15H20N2O/c1-4-13(18-3)15(16-2)12-9-5-7-11-8-6-10-17-14(11)12/h5-10,13,15-16H,4H2,1-3H3. The number of hydrogen-bond donors (Lipinski definition) is 1. The summed E-state index contributed by atoms with van der Waals surface area (Å²) in [6.45, 7) is 2.14. The Labute approximate surface area is 108 Å². The van der Waals surface area contributed by atoms with Crippen molar-refractivity contribution in [1.29, 1.82) is 0 Å². The van der Waals surface area contributed by atoms with Crippen LogP contribution in [0.5, 0.6) is 0 Å². The molecule has 18 heavy (non-hydrogen) atoms. The summed E-state index contributed by atoms with van der Waals surface area (Å²) in [6, 6.07) is 10.5. The minimum absolute atomic E-state index is 0.155. The van der Waals surface area contributed by atoms with Crippen LogP contribution in [0.4, 0.5) is 0 Å². The third-order valence-corrected chi connectivity index (χ3v) is 3.39. The van der Waals surface area contributed by atoms with Crippen LogP contribution in [0.1, 0.15) is 24.9 Å². The van der Waals surface area contributed by atoms with E-state index in [0.29, 0.717) is 0 Å². The zero-order valence-corrected chi connectivity index (χ0v) is 11.2. The van der Waals surface area contributed by atoms with E-state index in [1.807, 2.05) is 19.3 Å². The lowest BCUT2D eigenvalue weighted by molar-refractivity contribution is 0.0679. The topological polar surface area (TPSA) is 34.1 Å². The van der Waals surface area contributed by atoms with Gasteiger partial charge in [-0.3, -0.25) is 4.98 Å². The molecule has 3 nitrogen and oxygen atoms in total. The molecule has 0 radical (unpaired) electrons. The van der Waals surface area contributed by atoms with Gasteiger partial charge >= 0.3 is 0 Å². The van der Waals surface area contributed by atoms with Gasteiger partial charge in [0, 0.05) is 18.7 Å². The summed E-state index contributed by atoms with van der Waals surface area (Å²) in [5, 5.41) is 4.52. The number of ether oxygens (including phenoxy) is 1. The van der Waals surface area contributed by atoms with Gasteiger partial charge in [0.2, 0.25) is 0 Å². The molecule has 0 amide bonds. The predicted molar refractivity (Wildman–Crippen MR) is 74.6 cm³/mol. The van der Waals surface area contributed by atoms with Gasteiger partial charge in [0.15, 0.2) is 0 Å². The van der Waals surface area contributed by atoms with Crippen LogP contribution >= 0.6 is 0 Å². The van der Waals surface area contributed by atoms with Crippen molar-refractivity contribution in [3.05, 3.63) is 42.1 Å². The molecule has 0 aliphatic carbocycles. The fourth-order valence-electron chi connectivity index (χ4n) is 2.46. The summed E-state index contributed by atoms with van der Waals surface area (Å²) in [5.41, 5.74) is 2.25. The molecule has 0 saturated heterocycles. The van der Waals surface area contributed by atoms with Gasteiger partial charge in [-0.1, -0.05) is 31.2 Å². The molecule has 0 aliphatic rings. The summed E-state index contributed by atoms with van der Waals surface area (Å²) in [7, 11) is 3.73. The number of fused-ring (bicyclic) bond motifs is 1. The molecular weight excluding hydrogens is 224 g/mol. The highest BCUT2D eigenvalue weighted by molar-refractivity contribution is 5.82. The van der Waals surface area contributed by atoms with Crippen LogP contribution < -0.4 is 5.32 Å². The second-order valence-electron chi connectivity index (χ2n) is 4.37. The molecule has 2 rings (SSSR count). The molecule has 2 unspecified atom stereocenters. The van der Waals surface area contributed by atoms with Crippen LogP contribution in [0, 0.1) is 0 Å². The number of nitrogens with one attached hydrogen (secondary N) is 1. The van der Waals surface area contributed by atoms with Gasteiger partial charge in [0.25, 0.3) is 0 Å². The first-order chi connectivity index (χ1) is 8.81. The molecule has 2 atom stereocenters. The molecule has 1 aromatic heterocycles. The van der Waals surface area contributed by atoms with Crippen molar-refractivity contribution < 1.29 is 4.74 Å². The van der Waals surface area contributed by atoms with Gasteiger partial charge in [-0.2, -0.15) is 0 Å². The Morgan fingerprint density at radius 3 is 2.72 bits per heavy atom. The molecule has 0 fully saturated rings. The minimum Gasteiger partial charge on any atom is -0.379 e. The summed E-state index contributed by atoms with van der Waals surface area (Å²) >= 11 is 0. The summed E-state index contributed by atoms with van der Waals surface area (Å²) in [4.78, 5) is 4.51. The molecule has 1 heterocycles. The molecule has 0 aliphatic heterocycles. The Balaban J connectivity index is 2.51. The van der Waals surface area contributed by atoms with Crippen molar-refractivity contribution in [3.8, 4) is 0 Å². The third-order valence-electron chi connectivity index (χ3n) is 3.39. The molecule has 2 aromatic rings. The number of methoxy groups -OCH3 is 1. The summed E-state index contributed by atoms with van der Waals surface area (Å²) in [6.07, 6.45) is 2.96. The van der Waals surface area contributed by atoms with Gasteiger partial charge in [-0.25, -0.2) is 0 Å². The number of rotatable bonds is 5. The summed E-state index contributed by atoms with van der Waals surface area (Å²) in [5.74, 6) is 0. The largest absolute Gasteiger partial charge is 0.379 e. The van der Waals surface area contributed by atoms with Crippen molar-refractivity contribution in [2.75, 3.05) is 14.2 Å². The Kier molecular flexibility index (Phi) is 4.28. The Morgan fingerprint density at radius 2 is 2.06 bits per heavy atom. The number of benzene rings is 1. The number of pyridine rings is 1. The van der Waals surface area contributed by atoms with Gasteiger partial charge in [0.05, 0.1) is 17.7 Å². The monoisotopic (exact) mass is 244 g/mol. The third kappa shape index (κ3) is 2.37. The molecule has 1 aromatic carbocycles. The number of likely N-dealkylation sites (N-methyl/N-ethyl adjacent to an activating group) is 1. The van der Waals surface area contributed by atoms with E-state index in [9.17, 15) is 0 Å². The number of hydrogen-bond acceptors (Lipinski definition) is 3. The Bertz CT molecular complexity index is 503. The molecular formula is C15H20N2O. The van der Waals surface area contributed by atoms with Crippen molar-refractivity contribution >= 4 is 10.9 Å². The van der Waals surface area contributed by atoms with E-state index in [4.69, 9.17) is 4.74 Å². The molecule has 0 spiro atoms. The van der Waals surface area contributed by atoms with E-state index in [1.165, 1.54) is 10.9 Å². The van der Waals surface area contributed by atoms with Gasteiger partial charge in [0.1, 0.15) is 0 Å². The van der Waals surface area contributed by atoms with Gasteiger partial charge < -0.3 is 10.1 Å². The normalized spacial score (nSPS) is 14.6. The minimum atomic E-state index is 0.155. The lowest BCUT2D eigenvalue weighted by atomic mass is 9.97. The van der Waals surface area contributed by atoms with Gasteiger partial charge in [-0.05, 0) is 25.1 Å². The first-order valence-electron chi connectivity index (χ1n) is 6.35. The van der Waals surface area contributed by atoms with E-state index < -0.39 is 0 Å². The first-order valence-corrected chi connectivity index (χ1v) is 6.35. The average Bonchev–Trinajstić information content (AvgIpc) is 2.44. The maximum atomic E-state index is 5.57. The van der Waals surface area contributed by atoms with E-state index in [-0.39, 0.29) is 12.1 Å². The zero-order valence-electron chi connectivity index (χ0n) is 11.2. The highest BCUT2D eigenvalue weighted by atomic mass is 16.5. The predicted octanol–water partition coefficient (Wildman–Crippen LogP) is 2.92. The molecule has 96 valence electrons. The Hall–Kier alpha value is -1.45. The highest BCUT2D eigenvalue weighted by Crippen LogP contribution is 2.26. The summed E-state index contributed by atoms with van der Waals surface area (Å²) < 4.78 is 5.57. The Morgan fingerprint density at radius 1 is 1.28 bits per heavy atom. The van der Waals surface area contributed by atoms with Crippen LogP contribution in [0.2, 0.25) is 0 Å². The van der Waals surface area contributed by atoms with Crippen molar-refractivity contribution in [3.63, 3.8) is 0 Å². The second kappa shape index (κ2) is 5.94. The first kappa shape index (κ1) is 13.0. The van der Waals surface area contributed by atoms with Crippen molar-refractivity contribution in [1.82, 2.24) is 10.3 Å². The van der Waals surface area contributed by atoms with Crippen LogP contribution in [0.25, 0.3) is 10.9 Å². The van der Waals surface area contributed by atoms with Crippen LogP contribution in [0.15, 0.2) is 36.5 Å². The molecule has 1 N–H and O–H groups in total. The molecule has 3 heteroatoms. The van der Waals surface area contributed by atoms with Gasteiger partial charge in [-0.15, -0.1) is 0 Å². The van der Waals surface area contributed by atoms with Crippen LogP contribution in [-0.2, 0) is 4.74 Å². The average molecular weight is 244 g/mol. The number of para-hydroxylation sites is 1. The second-order valence-corrected chi connectivity index (χ2v) is 4.37. The molecule has 0 bridgehead atoms. The lowest BCUT2D eigenvalue weighted by Gasteiger charge is -2.25. The quantitative estimate of drug-likeness (QED) is 0.878. The maximum absolute atomic E-state index is 5.57. The maximum Gasteiger partial charge on any atom is 0.0764 e. The van der Waals surface area contributed by atoms with E-state index in [1.54, 1.807) is 7.11 Å². The van der Waals surface area contributed by atoms with Crippen LogP contribution in [-0.4, -0.2) is 25.2 Å². The smallest absolute Gasteiger partial charge is 0.0764 e. The van der Waals surface area contributed by atoms with E-state index in [0.717, 1.165) is 11.9 Å². The van der Waals surface area contributed by atoms with E-state index in [2.05, 4.69) is 41.5 Å². The zero-order chi connectivity index (χ0) is 13.0. The van der Waals surface area contributed by atoms with Crippen LogP contribution in [0.3, 0.4) is 0 Å². The number of nitrogens with zero attached hydrogens (tertiary/aromatic N) is 1. The number of aromatic nitrogens is 1. The SMILES string of the molecule is CCC(OC)C(NC)c1cccc2cccnc12. The highest BCUT2D eigenvalue weighted by Gasteiger charge is 2.21. The fraction of sp³-hybridized carbons (Fsp3) is 0.400. The molecule has 0 saturated carbocycles. The fourth-order valence-corrected chi connectivity index (χ4v) is 2.46. The lowest BCUT2D eigenvalue weighted by Crippen LogP contribution is -2.30.